The average Bonchev–Trinajstić information content (AvgIpc) is 2.98. The van der Waals surface area contributed by atoms with Gasteiger partial charge in [-0.05, 0) is 43.2 Å². The number of halogens is 1. The summed E-state index contributed by atoms with van der Waals surface area (Å²) in [5.41, 5.74) is 1.75. The third kappa shape index (κ3) is 5.81. The fourth-order valence-electron chi connectivity index (χ4n) is 4.09. The molecule has 5 amide bonds. The Kier molecular flexibility index (Phi) is 7.57. The molecule has 11 heteroatoms. The number of amides is 5. The van der Waals surface area contributed by atoms with E-state index < -0.39 is 42.0 Å². The molecular formula is C22H27ClN4O6. The Morgan fingerprint density at radius 2 is 1.91 bits per heavy atom. The highest BCUT2D eigenvalue weighted by Gasteiger charge is 2.52. The van der Waals surface area contributed by atoms with Crippen LogP contribution in [0.15, 0.2) is 24.3 Å². The van der Waals surface area contributed by atoms with E-state index in [4.69, 9.17) is 16.3 Å². The summed E-state index contributed by atoms with van der Waals surface area (Å²) in [6.07, 6.45) is 2.35. The molecule has 1 aromatic rings. The zero-order chi connectivity index (χ0) is 24.2. The Labute approximate surface area is 196 Å². The molecule has 3 rings (SSSR count). The third-order valence-electron chi connectivity index (χ3n) is 5.92. The first-order chi connectivity index (χ1) is 15.6. The van der Waals surface area contributed by atoms with E-state index in [2.05, 4.69) is 23.0 Å². The van der Waals surface area contributed by atoms with E-state index in [9.17, 15) is 24.0 Å². The van der Waals surface area contributed by atoms with E-state index in [1.165, 1.54) is 6.92 Å². The van der Waals surface area contributed by atoms with Gasteiger partial charge in [-0.15, -0.1) is 0 Å². The molecule has 1 heterocycles. The van der Waals surface area contributed by atoms with Gasteiger partial charge in [-0.25, -0.2) is 4.79 Å². The molecule has 1 aliphatic carbocycles. The molecule has 0 aromatic heterocycles. The number of ether oxygens (including phenoxy) is 1. The third-order valence-corrected chi connectivity index (χ3v) is 6.26. The molecule has 1 spiro atoms. The van der Waals surface area contributed by atoms with Crippen LogP contribution in [0, 0.1) is 5.92 Å². The Morgan fingerprint density at radius 1 is 1.24 bits per heavy atom. The van der Waals surface area contributed by atoms with Gasteiger partial charge >= 0.3 is 12.0 Å². The molecule has 1 saturated heterocycles. The largest absolute Gasteiger partial charge is 0.455 e. The Morgan fingerprint density at radius 3 is 2.55 bits per heavy atom. The van der Waals surface area contributed by atoms with Crippen LogP contribution in [0.5, 0.6) is 0 Å². The minimum Gasteiger partial charge on any atom is -0.455 e. The van der Waals surface area contributed by atoms with Crippen molar-refractivity contribution in [3.63, 3.8) is 0 Å². The molecule has 2 aliphatic rings. The van der Waals surface area contributed by atoms with Gasteiger partial charge in [0, 0.05) is 11.9 Å². The molecule has 1 aliphatic heterocycles. The van der Waals surface area contributed by atoms with Gasteiger partial charge in [0.25, 0.3) is 11.8 Å². The van der Waals surface area contributed by atoms with Crippen LogP contribution in [-0.2, 0) is 23.9 Å². The van der Waals surface area contributed by atoms with Gasteiger partial charge in [0.15, 0.2) is 6.61 Å². The van der Waals surface area contributed by atoms with Crippen molar-refractivity contribution in [2.75, 3.05) is 6.61 Å². The lowest BCUT2D eigenvalue weighted by Crippen LogP contribution is -2.52. The Balaban J connectivity index is 1.54. The Hall–Kier alpha value is -3.14. The van der Waals surface area contributed by atoms with Crippen molar-refractivity contribution >= 4 is 41.3 Å². The lowest BCUT2D eigenvalue weighted by molar-refractivity contribution is -0.151. The number of carbonyl (C=O) groups excluding carboxylic acids is 5. The summed E-state index contributed by atoms with van der Waals surface area (Å²) in [5.74, 6) is -2.00. The molecule has 33 heavy (non-hydrogen) atoms. The summed E-state index contributed by atoms with van der Waals surface area (Å²) in [4.78, 5) is 61.1. The summed E-state index contributed by atoms with van der Waals surface area (Å²) in [6, 6.07) is 5.27. The quantitative estimate of drug-likeness (QED) is 0.405. The van der Waals surface area contributed by atoms with Gasteiger partial charge in [0.05, 0.1) is 12.5 Å². The van der Waals surface area contributed by atoms with Crippen molar-refractivity contribution in [3.05, 3.63) is 34.9 Å². The molecule has 178 valence electrons. The fourth-order valence-corrected chi connectivity index (χ4v) is 4.35. The second-order valence-corrected chi connectivity index (χ2v) is 8.92. The number of hydrogen-bond acceptors (Lipinski definition) is 6. The minimum absolute atomic E-state index is 0.263. The number of esters is 1. The highest BCUT2D eigenvalue weighted by atomic mass is 35.5. The van der Waals surface area contributed by atoms with Gasteiger partial charge < -0.3 is 15.4 Å². The van der Waals surface area contributed by atoms with E-state index in [1.54, 1.807) is 24.3 Å². The van der Waals surface area contributed by atoms with Crippen molar-refractivity contribution in [1.29, 1.82) is 0 Å². The molecule has 2 fully saturated rings. The maximum atomic E-state index is 12.8. The number of carbonyl (C=O) groups is 5. The van der Waals surface area contributed by atoms with E-state index >= 15 is 0 Å². The van der Waals surface area contributed by atoms with Crippen LogP contribution in [0.3, 0.4) is 0 Å². The molecule has 0 radical (unpaired) electrons. The normalized spacial score (nSPS) is 23.1. The summed E-state index contributed by atoms with van der Waals surface area (Å²) in [6.45, 7) is 2.69. The first kappa shape index (κ1) is 24.5. The van der Waals surface area contributed by atoms with E-state index in [-0.39, 0.29) is 12.3 Å². The summed E-state index contributed by atoms with van der Waals surface area (Å²) < 4.78 is 4.99. The first-order valence-electron chi connectivity index (χ1n) is 10.7. The van der Waals surface area contributed by atoms with Gasteiger partial charge in [-0.3, -0.25) is 24.6 Å². The Bertz CT molecular complexity index is 960. The van der Waals surface area contributed by atoms with Gasteiger partial charge in [0.1, 0.15) is 5.54 Å². The lowest BCUT2D eigenvalue weighted by Gasteiger charge is -2.33. The maximum Gasteiger partial charge on any atom is 0.344 e. The van der Waals surface area contributed by atoms with E-state index in [0.29, 0.717) is 34.4 Å². The van der Waals surface area contributed by atoms with Crippen molar-refractivity contribution < 1.29 is 28.7 Å². The summed E-state index contributed by atoms with van der Waals surface area (Å²) in [5, 5.41) is 6.34. The lowest BCUT2D eigenvalue weighted by atomic mass is 9.77. The number of nitrogens with one attached hydrogen (secondary N) is 3. The second kappa shape index (κ2) is 10.2. The number of benzene rings is 1. The number of hydrazine groups is 1. The molecule has 1 aromatic carbocycles. The fraction of sp³-hybridized carbons (Fsp3) is 0.500. The molecular weight excluding hydrogens is 452 g/mol. The van der Waals surface area contributed by atoms with Crippen LogP contribution in [-0.4, -0.2) is 46.9 Å². The zero-order valence-electron chi connectivity index (χ0n) is 18.5. The second-order valence-electron chi connectivity index (χ2n) is 8.51. The zero-order valence-corrected chi connectivity index (χ0v) is 19.2. The summed E-state index contributed by atoms with van der Waals surface area (Å²) in [7, 11) is 0. The topological polar surface area (TPSA) is 134 Å². The predicted octanol–water partition coefficient (Wildman–Crippen LogP) is 1.98. The van der Waals surface area contributed by atoms with Crippen LogP contribution in [0.4, 0.5) is 4.79 Å². The van der Waals surface area contributed by atoms with Crippen molar-refractivity contribution in [2.24, 2.45) is 5.92 Å². The number of imide groups is 1. The molecule has 0 bridgehead atoms. The smallest absolute Gasteiger partial charge is 0.344 e. The predicted molar refractivity (Wildman–Crippen MR) is 117 cm³/mol. The van der Waals surface area contributed by atoms with Gasteiger partial charge in [0.2, 0.25) is 5.91 Å². The SMILES string of the molecule is CC(=O)N[C@H](CC(=O)OCC(=O)NN1C(=O)NC2(CCC(C)CC2)C1=O)c1ccccc1Cl. The number of nitrogens with zero attached hydrogens (tertiary/aromatic N) is 1. The van der Waals surface area contributed by atoms with Crippen molar-refractivity contribution in [1.82, 2.24) is 21.1 Å². The number of rotatable bonds is 7. The molecule has 1 atom stereocenters. The molecule has 3 N–H and O–H groups in total. The molecule has 1 saturated carbocycles. The highest BCUT2D eigenvalue weighted by molar-refractivity contribution is 6.31. The average molecular weight is 479 g/mol. The highest BCUT2D eigenvalue weighted by Crippen LogP contribution is 2.35. The monoisotopic (exact) mass is 478 g/mol. The minimum atomic E-state index is -0.992. The van der Waals surface area contributed by atoms with Gasteiger partial charge in [-0.2, -0.15) is 5.01 Å². The van der Waals surface area contributed by atoms with Crippen LogP contribution < -0.4 is 16.1 Å². The molecule has 10 nitrogen and oxygen atoms in total. The van der Waals surface area contributed by atoms with Gasteiger partial charge in [-0.1, -0.05) is 36.7 Å². The number of hydrogen-bond donors (Lipinski definition) is 3. The van der Waals surface area contributed by atoms with Crippen LogP contribution in [0.1, 0.15) is 57.6 Å². The van der Waals surface area contributed by atoms with E-state index in [1.807, 2.05) is 0 Å². The van der Waals surface area contributed by atoms with Crippen molar-refractivity contribution in [3.8, 4) is 0 Å². The van der Waals surface area contributed by atoms with Crippen molar-refractivity contribution in [2.45, 2.75) is 57.5 Å². The summed E-state index contributed by atoms with van der Waals surface area (Å²) >= 11 is 6.16. The number of urea groups is 1. The standard InChI is InChI=1S/C22H27ClN4O6/c1-13-7-9-22(10-8-13)20(31)27(21(32)25-22)26-18(29)12-33-19(30)11-17(24-14(2)28)15-5-3-4-6-16(15)23/h3-6,13,17H,7-12H2,1-2H3,(H,24,28)(H,25,32)(H,26,29)/t13?,17-,22?/m1/s1. The first-order valence-corrected chi connectivity index (χ1v) is 11.1. The molecule has 0 unspecified atom stereocenters. The maximum absolute atomic E-state index is 12.8. The van der Waals surface area contributed by atoms with Crippen LogP contribution >= 0.6 is 11.6 Å². The van der Waals surface area contributed by atoms with Crippen LogP contribution in [0.25, 0.3) is 0 Å². The van der Waals surface area contributed by atoms with E-state index in [0.717, 1.165) is 12.8 Å². The van der Waals surface area contributed by atoms with Crippen LogP contribution in [0.2, 0.25) is 5.02 Å².